The molecule has 3 rings (SSSR count). The number of anilines is 1. The second kappa shape index (κ2) is 8.07. The van der Waals surface area contributed by atoms with Crippen LogP contribution in [-0.4, -0.2) is 29.4 Å². The predicted octanol–water partition coefficient (Wildman–Crippen LogP) is 4.65. The van der Waals surface area contributed by atoms with E-state index in [1.54, 1.807) is 36.4 Å². The number of hydrogen-bond acceptors (Lipinski definition) is 4. The van der Waals surface area contributed by atoms with Crippen LogP contribution in [0.3, 0.4) is 0 Å². The number of carbonyl (C=O) groups excluding carboxylic acids is 2. The number of carbonyl (C=O) groups is 2. The Morgan fingerprint density at radius 1 is 1.07 bits per heavy atom. The summed E-state index contributed by atoms with van der Waals surface area (Å²) in [5, 5.41) is 3.78. The maximum Gasteiger partial charge on any atom is 0.278 e. The molecule has 5 nitrogen and oxygen atoms in total. The van der Waals surface area contributed by atoms with E-state index in [9.17, 15) is 9.59 Å². The van der Waals surface area contributed by atoms with E-state index in [0.717, 1.165) is 11.3 Å². The molecule has 0 aliphatic carbocycles. The zero-order valence-electron chi connectivity index (χ0n) is 16.4. The van der Waals surface area contributed by atoms with Gasteiger partial charge in [-0.2, -0.15) is 0 Å². The summed E-state index contributed by atoms with van der Waals surface area (Å²) < 4.78 is 5.47. The second-order valence-electron chi connectivity index (χ2n) is 6.87. The normalized spacial score (nSPS) is 14.3. The molecule has 1 heterocycles. The van der Waals surface area contributed by atoms with Gasteiger partial charge >= 0.3 is 0 Å². The van der Waals surface area contributed by atoms with Crippen molar-refractivity contribution >= 4 is 34.7 Å². The Bertz CT molecular complexity index is 949. The first-order valence-corrected chi connectivity index (χ1v) is 9.59. The van der Waals surface area contributed by atoms with Gasteiger partial charge in [0.05, 0.1) is 12.2 Å². The number of ether oxygens (including phenoxy) is 1. The van der Waals surface area contributed by atoms with Crippen LogP contribution in [0.1, 0.15) is 31.9 Å². The summed E-state index contributed by atoms with van der Waals surface area (Å²) in [5.41, 5.74) is 2.91. The van der Waals surface area contributed by atoms with Crippen molar-refractivity contribution in [2.24, 2.45) is 0 Å². The van der Waals surface area contributed by atoms with Gasteiger partial charge in [-0.25, -0.2) is 0 Å². The molecule has 28 heavy (non-hydrogen) atoms. The van der Waals surface area contributed by atoms with E-state index in [0.29, 0.717) is 28.5 Å². The highest BCUT2D eigenvalue weighted by Gasteiger charge is 2.40. The first-order chi connectivity index (χ1) is 13.3. The van der Waals surface area contributed by atoms with Gasteiger partial charge in [-0.05, 0) is 69.2 Å². The number of amides is 2. The topological polar surface area (TPSA) is 58.6 Å². The molecule has 1 aliphatic heterocycles. The maximum absolute atomic E-state index is 13.1. The molecule has 2 amide bonds. The number of hydrogen-bond donors (Lipinski definition) is 1. The molecular weight excluding hydrogens is 376 g/mol. The van der Waals surface area contributed by atoms with Crippen molar-refractivity contribution in [1.82, 2.24) is 4.90 Å². The molecule has 0 spiro atoms. The van der Waals surface area contributed by atoms with Gasteiger partial charge < -0.3 is 10.1 Å². The number of imide groups is 1. The lowest BCUT2D eigenvalue weighted by atomic mass is 10.0. The van der Waals surface area contributed by atoms with Crippen molar-refractivity contribution in [3.8, 4) is 5.75 Å². The molecule has 146 valence electrons. The Hall–Kier alpha value is -2.79. The minimum atomic E-state index is -0.335. The Morgan fingerprint density at radius 3 is 2.32 bits per heavy atom. The maximum atomic E-state index is 13.1. The number of aryl methyl sites for hydroxylation is 1. The number of nitrogens with one attached hydrogen (secondary N) is 1. The lowest BCUT2D eigenvalue weighted by Gasteiger charge is -2.19. The fourth-order valence-corrected chi connectivity index (χ4v) is 3.41. The monoisotopic (exact) mass is 398 g/mol. The third kappa shape index (κ3) is 3.76. The van der Waals surface area contributed by atoms with E-state index in [1.807, 2.05) is 33.8 Å². The van der Waals surface area contributed by atoms with Crippen molar-refractivity contribution in [3.05, 3.63) is 64.3 Å². The Balaban J connectivity index is 2.07. The van der Waals surface area contributed by atoms with Gasteiger partial charge in [0.15, 0.2) is 0 Å². The van der Waals surface area contributed by atoms with Crippen LogP contribution >= 0.6 is 11.6 Å². The lowest BCUT2D eigenvalue weighted by Crippen LogP contribution is -2.38. The summed E-state index contributed by atoms with van der Waals surface area (Å²) in [4.78, 5) is 27.4. The molecule has 0 saturated carbocycles. The molecule has 6 heteroatoms. The van der Waals surface area contributed by atoms with Gasteiger partial charge in [0.25, 0.3) is 11.8 Å². The number of nitrogens with zero attached hydrogens (tertiary/aromatic N) is 1. The zero-order chi connectivity index (χ0) is 20.4. The molecular formula is C22H23ClN2O3. The highest BCUT2D eigenvalue weighted by Crippen LogP contribution is 2.33. The van der Waals surface area contributed by atoms with E-state index in [-0.39, 0.29) is 23.6 Å². The van der Waals surface area contributed by atoms with Crippen LogP contribution in [0.2, 0.25) is 5.02 Å². The Kier molecular flexibility index (Phi) is 5.75. The van der Waals surface area contributed by atoms with Crippen LogP contribution in [0.4, 0.5) is 5.69 Å². The quantitative estimate of drug-likeness (QED) is 0.719. The summed E-state index contributed by atoms with van der Waals surface area (Å²) in [6.07, 6.45) is 0. The van der Waals surface area contributed by atoms with E-state index < -0.39 is 0 Å². The molecule has 1 N–H and O–H groups in total. The van der Waals surface area contributed by atoms with Crippen LogP contribution in [-0.2, 0) is 9.59 Å². The molecule has 1 aliphatic rings. The van der Waals surface area contributed by atoms with Gasteiger partial charge in [-0.1, -0.05) is 23.7 Å². The van der Waals surface area contributed by atoms with Gasteiger partial charge in [0.1, 0.15) is 11.4 Å². The van der Waals surface area contributed by atoms with Crippen molar-refractivity contribution in [2.45, 2.75) is 33.7 Å². The summed E-state index contributed by atoms with van der Waals surface area (Å²) in [6, 6.07) is 12.3. The summed E-state index contributed by atoms with van der Waals surface area (Å²) in [5.74, 6) is 0.0731. The Morgan fingerprint density at radius 2 is 1.75 bits per heavy atom. The minimum absolute atomic E-state index is 0.247. The largest absolute Gasteiger partial charge is 0.494 e. The molecule has 0 saturated heterocycles. The average molecular weight is 399 g/mol. The fraction of sp³-hybridized carbons (Fsp3) is 0.273. The van der Waals surface area contributed by atoms with Crippen molar-refractivity contribution < 1.29 is 14.3 Å². The molecule has 0 bridgehead atoms. The highest BCUT2D eigenvalue weighted by atomic mass is 35.5. The molecule has 0 unspecified atom stereocenters. The van der Waals surface area contributed by atoms with Crippen LogP contribution in [0, 0.1) is 6.92 Å². The summed E-state index contributed by atoms with van der Waals surface area (Å²) >= 11 is 6.03. The molecule has 0 atom stereocenters. The standard InChI is InChI=1S/C22H23ClN2O3/c1-5-28-17-9-6-15(7-10-17)19-20(22(27)25(13(2)3)21(19)26)24-18-11-8-16(23)12-14(18)4/h6-13,24H,5H2,1-4H3. The van der Waals surface area contributed by atoms with Crippen molar-refractivity contribution in [2.75, 3.05) is 11.9 Å². The van der Waals surface area contributed by atoms with Gasteiger partial charge in [-0.15, -0.1) is 0 Å². The first-order valence-electron chi connectivity index (χ1n) is 9.22. The molecule has 0 aromatic heterocycles. The van der Waals surface area contributed by atoms with Gasteiger partial charge in [0.2, 0.25) is 0 Å². The SMILES string of the molecule is CCOc1ccc(C2=C(Nc3ccc(Cl)cc3C)C(=O)N(C(C)C)C2=O)cc1. The average Bonchev–Trinajstić information content (AvgIpc) is 2.88. The zero-order valence-corrected chi connectivity index (χ0v) is 17.1. The van der Waals surface area contributed by atoms with Crippen LogP contribution < -0.4 is 10.1 Å². The predicted molar refractivity (Wildman–Crippen MR) is 111 cm³/mol. The van der Waals surface area contributed by atoms with Crippen LogP contribution in [0.5, 0.6) is 5.75 Å². The molecule has 0 radical (unpaired) electrons. The third-order valence-electron chi connectivity index (χ3n) is 4.53. The number of benzene rings is 2. The van der Waals surface area contributed by atoms with Crippen LogP contribution in [0.25, 0.3) is 5.57 Å². The van der Waals surface area contributed by atoms with E-state index in [2.05, 4.69) is 5.32 Å². The third-order valence-corrected chi connectivity index (χ3v) is 4.77. The lowest BCUT2D eigenvalue weighted by molar-refractivity contribution is -0.138. The second-order valence-corrected chi connectivity index (χ2v) is 7.30. The highest BCUT2D eigenvalue weighted by molar-refractivity contribution is 6.36. The van der Waals surface area contributed by atoms with Gasteiger partial charge in [-0.3, -0.25) is 14.5 Å². The van der Waals surface area contributed by atoms with E-state index in [4.69, 9.17) is 16.3 Å². The van der Waals surface area contributed by atoms with Crippen molar-refractivity contribution in [1.29, 1.82) is 0 Å². The van der Waals surface area contributed by atoms with E-state index in [1.165, 1.54) is 4.90 Å². The molecule has 2 aromatic carbocycles. The molecule has 2 aromatic rings. The molecule has 0 fully saturated rings. The first kappa shape index (κ1) is 20.0. The van der Waals surface area contributed by atoms with Crippen molar-refractivity contribution in [3.63, 3.8) is 0 Å². The van der Waals surface area contributed by atoms with E-state index >= 15 is 0 Å². The number of halogens is 1. The minimum Gasteiger partial charge on any atom is -0.494 e. The fourth-order valence-electron chi connectivity index (χ4n) is 3.19. The smallest absolute Gasteiger partial charge is 0.278 e. The van der Waals surface area contributed by atoms with Crippen LogP contribution in [0.15, 0.2) is 48.2 Å². The van der Waals surface area contributed by atoms with Gasteiger partial charge in [0, 0.05) is 16.8 Å². The summed E-state index contributed by atoms with van der Waals surface area (Å²) in [7, 11) is 0. The summed E-state index contributed by atoms with van der Waals surface area (Å²) in [6.45, 7) is 8.01. The number of rotatable bonds is 6. The Labute approximate surface area is 169 Å².